The maximum Gasteiger partial charge on any atom is 0.324 e. The van der Waals surface area contributed by atoms with Crippen LogP contribution in [0.15, 0.2) is 0 Å². The van der Waals surface area contributed by atoms with Gasteiger partial charge < -0.3 is 5.11 Å². The number of carbonyl (C=O) groups is 1. The summed E-state index contributed by atoms with van der Waals surface area (Å²) < 4.78 is 0. The Balaban J connectivity index is 4.85. The van der Waals surface area contributed by atoms with Crippen LogP contribution >= 0.6 is 0 Å². The zero-order chi connectivity index (χ0) is 12.3. The van der Waals surface area contributed by atoms with Crippen LogP contribution in [0, 0.1) is 5.41 Å². The summed E-state index contributed by atoms with van der Waals surface area (Å²) >= 11 is 0. The lowest BCUT2D eigenvalue weighted by Gasteiger charge is -2.40. The summed E-state index contributed by atoms with van der Waals surface area (Å²) in [5.41, 5.74) is -0.576. The van der Waals surface area contributed by atoms with Crippen molar-refractivity contribution in [3.63, 3.8) is 0 Å². The fraction of sp³-hybridized carbons (Fsp3) is 0.917. The van der Waals surface area contributed by atoms with Crippen LogP contribution < -0.4 is 0 Å². The fourth-order valence-corrected chi connectivity index (χ4v) is 2.12. The molecule has 0 aliphatic rings. The monoisotopic (exact) mass is 215 g/mol. The predicted molar refractivity (Wildman–Crippen MR) is 63.0 cm³/mol. The Morgan fingerprint density at radius 3 is 1.80 bits per heavy atom. The van der Waals surface area contributed by atoms with Crippen molar-refractivity contribution in [3.05, 3.63) is 0 Å². The van der Waals surface area contributed by atoms with Gasteiger partial charge in [-0.3, -0.25) is 9.69 Å². The number of nitrogens with zero attached hydrogens (tertiary/aromatic N) is 1. The molecule has 0 aliphatic carbocycles. The molecule has 0 aromatic rings. The SMILES string of the molecule is CCC(CC)(C(=O)O)N(C)CC(C)(C)C. The number of carboxylic acid groups (broad SMARTS) is 1. The molecule has 0 heterocycles. The van der Waals surface area contributed by atoms with Gasteiger partial charge in [-0.1, -0.05) is 34.6 Å². The van der Waals surface area contributed by atoms with Gasteiger partial charge in [-0.15, -0.1) is 0 Å². The van der Waals surface area contributed by atoms with E-state index in [-0.39, 0.29) is 5.41 Å². The maximum atomic E-state index is 11.4. The lowest BCUT2D eigenvalue weighted by atomic mass is 9.87. The molecule has 90 valence electrons. The van der Waals surface area contributed by atoms with Gasteiger partial charge in [0.05, 0.1) is 0 Å². The largest absolute Gasteiger partial charge is 0.480 e. The van der Waals surface area contributed by atoms with Crippen LogP contribution in [0.5, 0.6) is 0 Å². The lowest BCUT2D eigenvalue weighted by Crippen LogP contribution is -2.54. The summed E-state index contributed by atoms with van der Waals surface area (Å²) in [7, 11) is 1.91. The highest BCUT2D eigenvalue weighted by Crippen LogP contribution is 2.27. The van der Waals surface area contributed by atoms with E-state index in [0.717, 1.165) is 6.54 Å². The van der Waals surface area contributed by atoms with Gasteiger partial charge in [0.15, 0.2) is 0 Å². The van der Waals surface area contributed by atoms with E-state index >= 15 is 0 Å². The van der Waals surface area contributed by atoms with E-state index in [0.29, 0.717) is 12.8 Å². The highest BCUT2D eigenvalue weighted by atomic mass is 16.4. The van der Waals surface area contributed by atoms with Crippen molar-refractivity contribution in [2.24, 2.45) is 5.41 Å². The summed E-state index contributed by atoms with van der Waals surface area (Å²) in [4.78, 5) is 13.4. The molecule has 0 saturated heterocycles. The smallest absolute Gasteiger partial charge is 0.324 e. The number of aliphatic carboxylic acids is 1. The fourth-order valence-electron chi connectivity index (χ4n) is 2.12. The molecular weight excluding hydrogens is 190 g/mol. The zero-order valence-electron chi connectivity index (χ0n) is 10.9. The Morgan fingerprint density at radius 2 is 1.60 bits per heavy atom. The van der Waals surface area contributed by atoms with E-state index in [9.17, 15) is 9.90 Å². The minimum Gasteiger partial charge on any atom is -0.480 e. The van der Waals surface area contributed by atoms with Gasteiger partial charge in [0.2, 0.25) is 0 Å². The van der Waals surface area contributed by atoms with Gasteiger partial charge in [-0.25, -0.2) is 0 Å². The topological polar surface area (TPSA) is 40.5 Å². The third-order valence-corrected chi connectivity index (χ3v) is 3.01. The standard InChI is InChI=1S/C12H25NO2/c1-7-12(8-2,10(14)15)13(6)9-11(3,4)5/h7-9H2,1-6H3,(H,14,15). The van der Waals surface area contributed by atoms with Gasteiger partial charge >= 0.3 is 5.97 Å². The molecule has 0 aromatic heterocycles. The van der Waals surface area contributed by atoms with Gasteiger partial charge in [0.25, 0.3) is 0 Å². The van der Waals surface area contributed by atoms with Gasteiger partial charge in [0, 0.05) is 6.54 Å². The Bertz CT molecular complexity index is 214. The van der Waals surface area contributed by atoms with Crippen molar-refractivity contribution in [3.8, 4) is 0 Å². The number of rotatable bonds is 5. The van der Waals surface area contributed by atoms with E-state index in [4.69, 9.17) is 0 Å². The van der Waals surface area contributed by atoms with Crippen molar-refractivity contribution in [2.45, 2.75) is 53.0 Å². The van der Waals surface area contributed by atoms with Crippen molar-refractivity contribution in [2.75, 3.05) is 13.6 Å². The second-order valence-electron chi connectivity index (χ2n) is 5.46. The number of likely N-dealkylation sites (N-methyl/N-ethyl adjacent to an activating group) is 1. The van der Waals surface area contributed by atoms with Gasteiger partial charge in [-0.05, 0) is 25.3 Å². The second-order valence-corrected chi connectivity index (χ2v) is 5.46. The average molecular weight is 215 g/mol. The summed E-state index contributed by atoms with van der Waals surface area (Å²) in [6.45, 7) is 11.1. The van der Waals surface area contributed by atoms with Crippen LogP contribution in [0.3, 0.4) is 0 Å². The minimum atomic E-state index is -0.709. The Hall–Kier alpha value is -0.570. The molecule has 1 N–H and O–H groups in total. The molecule has 0 spiro atoms. The van der Waals surface area contributed by atoms with Crippen molar-refractivity contribution in [1.82, 2.24) is 4.90 Å². The van der Waals surface area contributed by atoms with E-state index in [1.807, 2.05) is 25.8 Å². The first kappa shape index (κ1) is 14.4. The van der Waals surface area contributed by atoms with Crippen LogP contribution in [0.4, 0.5) is 0 Å². The van der Waals surface area contributed by atoms with Crippen molar-refractivity contribution < 1.29 is 9.90 Å². The summed E-state index contributed by atoms with van der Waals surface area (Å²) in [5.74, 6) is -0.709. The van der Waals surface area contributed by atoms with E-state index in [1.54, 1.807) is 0 Å². The van der Waals surface area contributed by atoms with Crippen LogP contribution in [0.2, 0.25) is 0 Å². The molecule has 0 aromatic carbocycles. The molecule has 0 rings (SSSR count). The van der Waals surface area contributed by atoms with E-state index < -0.39 is 11.5 Å². The first-order valence-corrected chi connectivity index (χ1v) is 5.64. The highest BCUT2D eigenvalue weighted by molar-refractivity contribution is 5.78. The molecule has 3 heteroatoms. The molecule has 0 atom stereocenters. The van der Waals surface area contributed by atoms with Gasteiger partial charge in [-0.2, -0.15) is 0 Å². The molecular formula is C12H25NO2. The molecule has 15 heavy (non-hydrogen) atoms. The summed E-state index contributed by atoms with van der Waals surface area (Å²) in [5, 5.41) is 9.35. The molecule has 0 bridgehead atoms. The van der Waals surface area contributed by atoms with Gasteiger partial charge in [0.1, 0.15) is 5.54 Å². The second kappa shape index (κ2) is 4.97. The Labute approximate surface area is 93.5 Å². The molecule has 0 fully saturated rings. The highest BCUT2D eigenvalue weighted by Gasteiger charge is 2.40. The quantitative estimate of drug-likeness (QED) is 0.766. The minimum absolute atomic E-state index is 0.125. The molecule has 3 nitrogen and oxygen atoms in total. The third kappa shape index (κ3) is 3.49. The molecule has 0 radical (unpaired) electrons. The summed E-state index contributed by atoms with van der Waals surface area (Å²) in [6, 6.07) is 0. The number of carboxylic acids is 1. The Kier molecular flexibility index (Phi) is 4.78. The van der Waals surface area contributed by atoms with Crippen LogP contribution in [-0.2, 0) is 4.79 Å². The van der Waals surface area contributed by atoms with Crippen molar-refractivity contribution in [1.29, 1.82) is 0 Å². The molecule has 0 aliphatic heterocycles. The van der Waals surface area contributed by atoms with E-state index in [2.05, 4.69) is 20.8 Å². The van der Waals surface area contributed by atoms with Crippen LogP contribution in [0.25, 0.3) is 0 Å². The van der Waals surface area contributed by atoms with E-state index in [1.165, 1.54) is 0 Å². The molecule has 0 amide bonds. The normalized spacial score (nSPS) is 13.3. The molecule has 0 unspecified atom stereocenters. The molecule has 0 saturated carbocycles. The first-order chi connectivity index (χ1) is 6.69. The average Bonchev–Trinajstić information content (AvgIpc) is 2.03. The zero-order valence-corrected chi connectivity index (χ0v) is 10.9. The van der Waals surface area contributed by atoms with Crippen molar-refractivity contribution >= 4 is 5.97 Å². The summed E-state index contributed by atoms with van der Waals surface area (Å²) in [6.07, 6.45) is 1.29. The van der Waals surface area contributed by atoms with Crippen LogP contribution in [0.1, 0.15) is 47.5 Å². The number of hydrogen-bond donors (Lipinski definition) is 1. The third-order valence-electron chi connectivity index (χ3n) is 3.01. The first-order valence-electron chi connectivity index (χ1n) is 5.64. The maximum absolute atomic E-state index is 11.4. The Morgan fingerprint density at radius 1 is 1.20 bits per heavy atom. The lowest BCUT2D eigenvalue weighted by molar-refractivity contribution is -0.152. The van der Waals surface area contributed by atoms with Crippen LogP contribution in [-0.4, -0.2) is 35.1 Å². The predicted octanol–water partition coefficient (Wildman–Crippen LogP) is 2.61. The number of hydrogen-bond acceptors (Lipinski definition) is 2.